The molecule has 1 amide bonds. The van der Waals surface area contributed by atoms with Gasteiger partial charge in [-0.05, 0) is 13.3 Å². The zero-order valence-electron chi connectivity index (χ0n) is 10.3. The fourth-order valence-corrected chi connectivity index (χ4v) is 2.52. The van der Waals surface area contributed by atoms with Gasteiger partial charge in [0.25, 0.3) is 5.91 Å². The third-order valence-electron chi connectivity index (χ3n) is 3.50. The molecule has 1 aromatic heterocycles. The zero-order valence-corrected chi connectivity index (χ0v) is 13.3. The van der Waals surface area contributed by atoms with Gasteiger partial charge in [-0.2, -0.15) is 6.07 Å². The maximum atomic E-state index is 12.3. The molecule has 1 N–H and O–H groups in total. The number of nitrogens with zero attached hydrogens (tertiary/aromatic N) is 2. The Hall–Kier alpha value is -1.13. The van der Waals surface area contributed by atoms with E-state index >= 15 is 0 Å². The average Bonchev–Trinajstić information content (AvgIpc) is 2.34. The van der Waals surface area contributed by atoms with E-state index in [-0.39, 0.29) is 44.9 Å². The van der Waals surface area contributed by atoms with Crippen LogP contribution in [-0.4, -0.2) is 39.4 Å². The summed E-state index contributed by atoms with van der Waals surface area (Å²) in [4.78, 5) is 25.3. The third kappa shape index (κ3) is 2.13. The van der Waals surface area contributed by atoms with E-state index in [1.165, 1.54) is 10.8 Å². The summed E-state index contributed by atoms with van der Waals surface area (Å²) in [5.41, 5.74) is -0.619. The number of ether oxygens (including phenoxy) is 1. The van der Waals surface area contributed by atoms with Crippen molar-refractivity contribution in [3.63, 3.8) is 0 Å². The van der Waals surface area contributed by atoms with Crippen LogP contribution in [0.1, 0.15) is 23.8 Å². The maximum absolute atomic E-state index is 12.3. The monoisotopic (exact) mass is 433 g/mol. The number of carbonyl (C=O) groups is 1. The van der Waals surface area contributed by atoms with Crippen LogP contribution in [0.2, 0.25) is 0 Å². The van der Waals surface area contributed by atoms with Crippen molar-refractivity contribution in [2.45, 2.75) is 32.2 Å². The smallest absolute Gasteiger partial charge is 0.257 e. The second-order valence-electron chi connectivity index (χ2n) is 4.63. The molecule has 2 aliphatic heterocycles. The van der Waals surface area contributed by atoms with Crippen LogP contribution in [0.25, 0.3) is 0 Å². The number of rotatable bonds is 0. The largest absolute Gasteiger partial charge is 0.587 e. The summed E-state index contributed by atoms with van der Waals surface area (Å²) in [6.45, 7) is 2.96. The summed E-state index contributed by atoms with van der Waals surface area (Å²) in [5.74, 6) is -0.888. The van der Waals surface area contributed by atoms with Gasteiger partial charge in [-0.1, -0.05) is 6.20 Å². The van der Waals surface area contributed by atoms with Crippen molar-refractivity contribution in [1.82, 2.24) is 9.47 Å². The van der Waals surface area contributed by atoms with E-state index in [0.29, 0.717) is 13.2 Å². The normalized spacial score (nSPS) is 25.3. The predicted octanol–water partition coefficient (Wildman–Crippen LogP) is -0.0577. The third-order valence-corrected chi connectivity index (χ3v) is 3.50. The molecule has 0 radical (unpaired) electrons. The average molecular weight is 433 g/mol. The van der Waals surface area contributed by atoms with Gasteiger partial charge in [0.15, 0.2) is 6.23 Å². The molecular weight excluding hydrogens is 420 g/mol. The second kappa shape index (κ2) is 5.10. The van der Waals surface area contributed by atoms with Gasteiger partial charge >= 0.3 is 0 Å². The van der Waals surface area contributed by atoms with E-state index in [2.05, 4.69) is 6.07 Å². The molecule has 0 aromatic carbocycles. The molecule has 6 nitrogen and oxygen atoms in total. The summed E-state index contributed by atoms with van der Waals surface area (Å²) in [6, 6.07) is 2.43. The molecule has 2 atom stereocenters. The first-order valence-corrected chi connectivity index (χ1v) is 5.88. The number of aromatic hydroxyl groups is 1. The van der Waals surface area contributed by atoms with Crippen LogP contribution in [0.4, 0.5) is 0 Å². The summed E-state index contributed by atoms with van der Waals surface area (Å²) in [7, 11) is 0. The Morgan fingerprint density at radius 3 is 2.95 bits per heavy atom. The molecule has 1 aromatic rings. The van der Waals surface area contributed by atoms with Gasteiger partial charge in [-0.15, -0.1) is 0 Å². The van der Waals surface area contributed by atoms with E-state index in [4.69, 9.17) is 4.74 Å². The van der Waals surface area contributed by atoms with Crippen molar-refractivity contribution in [2.75, 3.05) is 6.61 Å². The molecule has 0 bridgehead atoms. The van der Waals surface area contributed by atoms with Gasteiger partial charge in [-0.3, -0.25) is 4.79 Å². The van der Waals surface area contributed by atoms with E-state index in [1.54, 1.807) is 4.90 Å². The molecule has 7 heteroatoms. The molecule has 0 saturated carbocycles. The summed E-state index contributed by atoms with van der Waals surface area (Å²) in [6.07, 6.45) is 1.82. The first-order chi connectivity index (χ1) is 8.59. The van der Waals surface area contributed by atoms with E-state index < -0.39 is 11.2 Å². The van der Waals surface area contributed by atoms with Gasteiger partial charge in [0.1, 0.15) is 0 Å². The van der Waals surface area contributed by atoms with Crippen molar-refractivity contribution in [2.24, 2.45) is 0 Å². The Morgan fingerprint density at radius 1 is 1.47 bits per heavy atom. The molecular formula is C12H13N2O4W-. The summed E-state index contributed by atoms with van der Waals surface area (Å²) in [5, 5.41) is 9.74. The number of aromatic nitrogens is 1. The molecule has 3 heterocycles. The Bertz CT molecular complexity index is 571. The minimum atomic E-state index is -0.654. The number of carbonyl (C=O) groups excluding carboxylic acids is 1. The molecule has 2 aliphatic rings. The zero-order chi connectivity index (χ0) is 12.9. The van der Waals surface area contributed by atoms with Gasteiger partial charge in [0, 0.05) is 32.9 Å². The van der Waals surface area contributed by atoms with Crippen molar-refractivity contribution >= 4 is 5.91 Å². The molecule has 102 valence electrons. The molecule has 0 unspecified atom stereocenters. The second-order valence-corrected chi connectivity index (χ2v) is 4.63. The Kier molecular flexibility index (Phi) is 3.83. The summed E-state index contributed by atoms with van der Waals surface area (Å²) < 4.78 is 7.09. The Morgan fingerprint density at radius 2 is 2.21 bits per heavy atom. The van der Waals surface area contributed by atoms with Gasteiger partial charge < -0.3 is 24.1 Å². The van der Waals surface area contributed by atoms with Crippen LogP contribution in [0.3, 0.4) is 0 Å². The number of hydrogen-bond acceptors (Lipinski definition) is 4. The van der Waals surface area contributed by atoms with Crippen LogP contribution < -0.4 is 5.43 Å². The van der Waals surface area contributed by atoms with Gasteiger partial charge in [-0.25, -0.2) is 0 Å². The Balaban J connectivity index is 0.00000133. The molecule has 1 fully saturated rings. The first-order valence-electron chi connectivity index (χ1n) is 5.88. The van der Waals surface area contributed by atoms with Crippen LogP contribution in [-0.2, 0) is 32.3 Å². The maximum Gasteiger partial charge on any atom is 0.257 e. The van der Waals surface area contributed by atoms with Gasteiger partial charge in [0.05, 0.1) is 24.3 Å². The molecule has 0 aliphatic carbocycles. The van der Waals surface area contributed by atoms with Gasteiger partial charge in [0.2, 0.25) is 0 Å². The quantitative estimate of drug-likeness (QED) is 0.583. The molecule has 3 rings (SSSR count). The molecule has 1 saturated heterocycles. The van der Waals surface area contributed by atoms with Crippen LogP contribution in [0.5, 0.6) is 5.75 Å². The van der Waals surface area contributed by atoms with E-state index in [9.17, 15) is 14.7 Å². The molecule has 0 spiro atoms. The number of amides is 1. The molecule has 19 heavy (non-hydrogen) atoms. The minimum Gasteiger partial charge on any atom is -0.587 e. The predicted molar refractivity (Wildman–Crippen MR) is 61.2 cm³/mol. The fraction of sp³-hybridized carbons (Fsp3) is 0.500. The van der Waals surface area contributed by atoms with E-state index in [1.807, 2.05) is 6.92 Å². The number of hydrogen-bond donors (Lipinski definition) is 1. The topological polar surface area (TPSA) is 71.8 Å². The van der Waals surface area contributed by atoms with Crippen molar-refractivity contribution < 1.29 is 35.7 Å². The fourth-order valence-electron chi connectivity index (χ4n) is 2.52. The minimum absolute atomic E-state index is 0. The van der Waals surface area contributed by atoms with E-state index in [0.717, 1.165) is 6.42 Å². The Labute approximate surface area is 124 Å². The number of fused-ring (bicyclic) bond motifs is 2. The SMILES string of the molecule is C[C@@H]1CCO[C@H]2Cn3c[c-]c(=O)c(O)c3C(=O)N12.[W]. The van der Waals surface area contributed by atoms with Crippen LogP contribution >= 0.6 is 0 Å². The van der Waals surface area contributed by atoms with Crippen molar-refractivity contribution in [3.8, 4) is 5.75 Å². The van der Waals surface area contributed by atoms with Crippen molar-refractivity contribution in [1.29, 1.82) is 0 Å². The first kappa shape index (κ1) is 14.3. The van der Waals surface area contributed by atoms with Crippen LogP contribution in [0, 0.1) is 6.07 Å². The number of pyridine rings is 1. The summed E-state index contributed by atoms with van der Waals surface area (Å²) >= 11 is 0. The van der Waals surface area contributed by atoms with Crippen molar-refractivity contribution in [3.05, 3.63) is 28.2 Å². The van der Waals surface area contributed by atoms with Crippen LogP contribution in [0.15, 0.2) is 11.0 Å². The standard InChI is InChI=1S/C12H13N2O4.W/c1-7-3-5-18-9-6-13-4-2-8(15)11(16)10(13)12(17)14(7)9;/h4,7,9,16H,3,5-6H2,1H3;/q-1;/t7-,9+;/m1./s1.